The monoisotopic (exact) mass is 432 g/mol. The third-order valence-corrected chi connectivity index (χ3v) is 11.8. The lowest BCUT2D eigenvalue weighted by atomic mass is 9.43. The van der Waals surface area contributed by atoms with Gasteiger partial charge in [0, 0.05) is 12.3 Å². The summed E-state index contributed by atoms with van der Waals surface area (Å²) in [5.74, 6) is 2.68. The minimum Gasteiger partial charge on any atom is -0.393 e. The van der Waals surface area contributed by atoms with Crippen LogP contribution in [0.25, 0.3) is 0 Å². The van der Waals surface area contributed by atoms with E-state index in [0.29, 0.717) is 35.5 Å². The Morgan fingerprint density at radius 2 is 1.61 bits per heavy atom. The molecule has 4 nitrogen and oxygen atoms in total. The van der Waals surface area contributed by atoms with Gasteiger partial charge in [0.25, 0.3) is 0 Å². The summed E-state index contributed by atoms with van der Waals surface area (Å²) < 4.78 is 13.5. The van der Waals surface area contributed by atoms with Gasteiger partial charge in [-0.3, -0.25) is 0 Å². The number of aliphatic hydroxyl groups is 2. The highest BCUT2D eigenvalue weighted by atomic mass is 16.7. The SMILES string of the molecule is C[C@H]1[C@H]2[C@H](C[C@H]3[C@@H]4CC[C@H]5C[C@H](O)CC[C@]5(C)[C@H]4[C@@H](O)C[C@]23C)O[C@]12CCC(C)(C)O2. The maximum Gasteiger partial charge on any atom is 0.172 e. The van der Waals surface area contributed by atoms with Gasteiger partial charge in [-0.2, -0.15) is 0 Å². The summed E-state index contributed by atoms with van der Waals surface area (Å²) in [7, 11) is 0. The Hall–Kier alpha value is -0.160. The largest absolute Gasteiger partial charge is 0.393 e. The van der Waals surface area contributed by atoms with Gasteiger partial charge in [0.1, 0.15) is 0 Å². The van der Waals surface area contributed by atoms with Crippen LogP contribution < -0.4 is 0 Å². The lowest BCUT2D eigenvalue weighted by Crippen LogP contribution is -2.59. The molecule has 4 aliphatic carbocycles. The van der Waals surface area contributed by atoms with Crippen LogP contribution in [0.15, 0.2) is 0 Å². The molecule has 4 heteroatoms. The molecule has 31 heavy (non-hydrogen) atoms. The van der Waals surface area contributed by atoms with E-state index >= 15 is 0 Å². The van der Waals surface area contributed by atoms with Crippen LogP contribution >= 0.6 is 0 Å². The third kappa shape index (κ3) is 2.74. The predicted octanol–water partition coefficient (Wildman–Crippen LogP) is 4.91. The fourth-order valence-electron chi connectivity index (χ4n) is 10.5. The van der Waals surface area contributed by atoms with Crippen molar-refractivity contribution >= 4 is 0 Å². The summed E-state index contributed by atoms with van der Waals surface area (Å²) in [6.07, 6.45) is 9.42. The first kappa shape index (κ1) is 21.4. The van der Waals surface area contributed by atoms with Crippen LogP contribution in [0, 0.1) is 46.3 Å². The molecule has 6 rings (SSSR count). The summed E-state index contributed by atoms with van der Waals surface area (Å²) in [5.41, 5.74) is 0.234. The van der Waals surface area contributed by atoms with E-state index in [1.807, 2.05) is 0 Å². The minimum absolute atomic E-state index is 0.0943. The molecule has 2 aliphatic heterocycles. The number of aliphatic hydroxyl groups excluding tert-OH is 2. The number of hydrogen-bond donors (Lipinski definition) is 2. The van der Waals surface area contributed by atoms with Crippen LogP contribution in [0.4, 0.5) is 0 Å². The van der Waals surface area contributed by atoms with Crippen molar-refractivity contribution < 1.29 is 19.7 Å². The minimum atomic E-state index is -0.405. The van der Waals surface area contributed by atoms with Gasteiger partial charge in [-0.25, -0.2) is 0 Å². The van der Waals surface area contributed by atoms with E-state index in [-0.39, 0.29) is 34.7 Å². The lowest BCUT2D eigenvalue weighted by molar-refractivity contribution is -0.256. The smallest absolute Gasteiger partial charge is 0.172 e. The van der Waals surface area contributed by atoms with Gasteiger partial charge in [-0.05, 0) is 106 Å². The molecule has 0 radical (unpaired) electrons. The van der Waals surface area contributed by atoms with Crippen molar-refractivity contribution in [3.63, 3.8) is 0 Å². The van der Waals surface area contributed by atoms with Gasteiger partial charge in [-0.1, -0.05) is 20.8 Å². The van der Waals surface area contributed by atoms with Crippen molar-refractivity contribution in [2.24, 2.45) is 46.3 Å². The fourth-order valence-corrected chi connectivity index (χ4v) is 10.5. The quantitative estimate of drug-likeness (QED) is 0.571. The Morgan fingerprint density at radius 1 is 0.839 bits per heavy atom. The average molecular weight is 433 g/mol. The van der Waals surface area contributed by atoms with E-state index in [1.54, 1.807) is 0 Å². The van der Waals surface area contributed by atoms with E-state index in [9.17, 15) is 10.2 Å². The molecule has 0 unspecified atom stereocenters. The topological polar surface area (TPSA) is 58.9 Å². The second-order valence-corrected chi connectivity index (χ2v) is 13.7. The molecule has 6 aliphatic rings. The average Bonchev–Trinajstić information content (AvgIpc) is 3.24. The van der Waals surface area contributed by atoms with Crippen molar-refractivity contribution in [1.82, 2.24) is 0 Å². The summed E-state index contributed by atoms with van der Waals surface area (Å²) in [4.78, 5) is 0. The van der Waals surface area contributed by atoms with Gasteiger partial charge in [-0.15, -0.1) is 0 Å². The molecule has 0 aromatic rings. The van der Waals surface area contributed by atoms with E-state index in [0.717, 1.165) is 44.9 Å². The molecule has 2 N–H and O–H groups in total. The Morgan fingerprint density at radius 3 is 2.32 bits per heavy atom. The third-order valence-electron chi connectivity index (χ3n) is 11.8. The van der Waals surface area contributed by atoms with Crippen LogP contribution in [-0.4, -0.2) is 39.9 Å². The lowest BCUT2D eigenvalue weighted by Gasteiger charge is -2.62. The number of ether oxygens (including phenoxy) is 2. The second-order valence-electron chi connectivity index (χ2n) is 13.7. The molecule has 4 saturated carbocycles. The Balaban J connectivity index is 1.31. The van der Waals surface area contributed by atoms with Crippen LogP contribution in [0.1, 0.15) is 92.4 Å². The Bertz CT molecular complexity index is 752. The van der Waals surface area contributed by atoms with Crippen LogP contribution in [0.2, 0.25) is 0 Å². The zero-order valence-electron chi connectivity index (χ0n) is 20.3. The number of hydrogen-bond acceptors (Lipinski definition) is 4. The van der Waals surface area contributed by atoms with Gasteiger partial charge in [0.15, 0.2) is 5.79 Å². The van der Waals surface area contributed by atoms with Crippen molar-refractivity contribution in [2.45, 2.75) is 122 Å². The van der Waals surface area contributed by atoms with E-state index in [4.69, 9.17) is 9.47 Å². The normalized spacial score (nSPS) is 62.2. The predicted molar refractivity (Wildman–Crippen MR) is 119 cm³/mol. The summed E-state index contributed by atoms with van der Waals surface area (Å²) in [6, 6.07) is 0. The highest BCUT2D eigenvalue weighted by Crippen LogP contribution is 2.71. The van der Waals surface area contributed by atoms with Crippen LogP contribution in [0.3, 0.4) is 0 Å². The van der Waals surface area contributed by atoms with Gasteiger partial charge in [0.05, 0.1) is 23.9 Å². The van der Waals surface area contributed by atoms with Crippen molar-refractivity contribution in [1.29, 1.82) is 0 Å². The zero-order chi connectivity index (χ0) is 22.0. The first-order valence-electron chi connectivity index (χ1n) is 13.2. The molecular formula is C27H44O4. The van der Waals surface area contributed by atoms with Crippen LogP contribution in [0.5, 0.6) is 0 Å². The molecule has 12 atom stereocenters. The molecule has 2 saturated heterocycles. The molecule has 6 fully saturated rings. The highest BCUT2D eigenvalue weighted by molar-refractivity contribution is 5.17. The summed E-state index contributed by atoms with van der Waals surface area (Å²) >= 11 is 0. The fraction of sp³-hybridized carbons (Fsp3) is 1.00. The van der Waals surface area contributed by atoms with E-state index in [1.165, 1.54) is 12.8 Å². The van der Waals surface area contributed by atoms with E-state index < -0.39 is 5.79 Å². The van der Waals surface area contributed by atoms with Crippen molar-refractivity contribution in [3.05, 3.63) is 0 Å². The molecular weight excluding hydrogens is 388 g/mol. The molecule has 2 heterocycles. The number of rotatable bonds is 0. The van der Waals surface area contributed by atoms with Gasteiger partial charge in [0.2, 0.25) is 0 Å². The zero-order valence-corrected chi connectivity index (χ0v) is 20.3. The Labute approximate surface area is 188 Å². The molecule has 0 aromatic heterocycles. The van der Waals surface area contributed by atoms with E-state index in [2.05, 4.69) is 34.6 Å². The summed E-state index contributed by atoms with van der Waals surface area (Å²) in [6.45, 7) is 11.7. The number of fused-ring (bicyclic) bond motifs is 7. The second kappa shape index (κ2) is 6.49. The van der Waals surface area contributed by atoms with Gasteiger partial charge >= 0.3 is 0 Å². The van der Waals surface area contributed by atoms with Crippen molar-refractivity contribution in [2.75, 3.05) is 0 Å². The highest BCUT2D eigenvalue weighted by Gasteiger charge is 2.71. The maximum absolute atomic E-state index is 11.7. The molecule has 1 spiro atoms. The Kier molecular flexibility index (Phi) is 4.48. The molecule has 0 bridgehead atoms. The molecule has 0 aromatic carbocycles. The van der Waals surface area contributed by atoms with Crippen LogP contribution in [-0.2, 0) is 9.47 Å². The first-order chi connectivity index (χ1) is 14.5. The first-order valence-corrected chi connectivity index (χ1v) is 13.2. The standard InChI is InChI=1S/C27H44O4/c1-15-22-21(30-27(15)11-10-24(2,3)31-27)13-19-18-7-6-16-12-17(28)8-9-25(16,4)23(18)20(29)14-26(19,22)5/h15-23,28-29H,6-14H2,1-5H3/t15-,16-,17+,18-,19-,20-,21-,22-,23+,25-,26-,27-/m0/s1. The molecule has 176 valence electrons. The molecule has 0 amide bonds. The van der Waals surface area contributed by atoms with Gasteiger partial charge < -0.3 is 19.7 Å². The van der Waals surface area contributed by atoms with Crippen molar-refractivity contribution in [3.8, 4) is 0 Å². The summed E-state index contributed by atoms with van der Waals surface area (Å²) in [5, 5.41) is 22.0. The maximum atomic E-state index is 11.7.